The van der Waals surface area contributed by atoms with E-state index in [9.17, 15) is 14.7 Å². The van der Waals surface area contributed by atoms with Gasteiger partial charge in [-0.2, -0.15) is 0 Å². The fourth-order valence-corrected chi connectivity index (χ4v) is 6.08. The Labute approximate surface area is 162 Å². The molecule has 0 aliphatic carbocycles. The van der Waals surface area contributed by atoms with Crippen LogP contribution in [0.5, 0.6) is 11.5 Å². The molecule has 3 aromatic carbocycles. The van der Waals surface area contributed by atoms with Gasteiger partial charge in [-0.15, -0.1) is 0 Å². The van der Waals surface area contributed by atoms with Crippen LogP contribution in [-0.2, 0) is 10.7 Å². The summed E-state index contributed by atoms with van der Waals surface area (Å²) in [6.45, 7) is 0.586. The molecule has 0 saturated carbocycles. The van der Waals surface area contributed by atoms with Crippen molar-refractivity contribution in [1.29, 1.82) is 0 Å². The summed E-state index contributed by atoms with van der Waals surface area (Å²) in [4.78, 5) is 11.3. The van der Waals surface area contributed by atoms with Crippen molar-refractivity contribution in [3.8, 4) is 11.5 Å². The fourth-order valence-electron chi connectivity index (χ4n) is 3.38. The minimum absolute atomic E-state index is 0.0218. The van der Waals surface area contributed by atoms with Crippen molar-refractivity contribution in [2.75, 3.05) is 13.2 Å². The second-order valence-electron chi connectivity index (χ2n) is 6.42. The SMILES string of the molecule is O=[N+]([O-])c1c(CP(=O)(c2ccccc2)c2ccccc2)ccc2c1OCCO2. The first kappa shape index (κ1) is 18.3. The second kappa shape index (κ2) is 7.49. The Kier molecular flexibility index (Phi) is 4.88. The van der Waals surface area contributed by atoms with Crippen molar-refractivity contribution in [2.24, 2.45) is 0 Å². The lowest BCUT2D eigenvalue weighted by Gasteiger charge is -2.22. The second-order valence-corrected chi connectivity index (χ2v) is 9.25. The standard InChI is InChI=1S/C21H18NO5P/c23-22(24)20-16(11-12-19-21(20)27-14-13-26-19)15-28(25,17-7-3-1-4-8-17)18-9-5-2-6-10-18/h1-12H,13-15H2. The number of hydrogen-bond acceptors (Lipinski definition) is 5. The molecule has 142 valence electrons. The molecule has 0 fully saturated rings. The van der Waals surface area contributed by atoms with E-state index in [-0.39, 0.29) is 24.2 Å². The number of benzene rings is 3. The molecule has 1 aliphatic rings. The van der Waals surface area contributed by atoms with E-state index in [4.69, 9.17) is 9.47 Å². The molecule has 0 saturated heterocycles. The first-order valence-electron chi connectivity index (χ1n) is 8.86. The molecule has 3 aromatic rings. The molecule has 28 heavy (non-hydrogen) atoms. The minimum atomic E-state index is -3.15. The highest BCUT2D eigenvalue weighted by Gasteiger charge is 2.34. The normalized spacial score (nSPS) is 13.1. The van der Waals surface area contributed by atoms with Crippen LogP contribution in [0.15, 0.2) is 72.8 Å². The third kappa shape index (κ3) is 3.27. The van der Waals surface area contributed by atoms with Gasteiger partial charge in [-0.3, -0.25) is 10.1 Å². The van der Waals surface area contributed by atoms with E-state index in [1.807, 2.05) is 36.4 Å². The van der Waals surface area contributed by atoms with Crippen molar-refractivity contribution < 1.29 is 19.0 Å². The molecule has 0 spiro atoms. The van der Waals surface area contributed by atoms with E-state index < -0.39 is 12.1 Å². The fraction of sp³-hybridized carbons (Fsp3) is 0.143. The number of ether oxygens (including phenoxy) is 2. The quantitative estimate of drug-likeness (QED) is 0.372. The maximum absolute atomic E-state index is 14.2. The number of nitro benzene ring substituents is 1. The molecule has 4 rings (SSSR count). The highest BCUT2D eigenvalue weighted by atomic mass is 31.2. The van der Waals surface area contributed by atoms with Crippen molar-refractivity contribution in [1.82, 2.24) is 0 Å². The molecular formula is C21H18NO5P. The summed E-state index contributed by atoms with van der Waals surface area (Å²) in [7, 11) is -3.15. The number of rotatable bonds is 5. The maximum Gasteiger partial charge on any atom is 0.318 e. The molecule has 7 heteroatoms. The Balaban J connectivity index is 1.87. The molecule has 0 atom stereocenters. The highest BCUT2D eigenvalue weighted by Crippen LogP contribution is 2.51. The van der Waals surface area contributed by atoms with Crippen LogP contribution in [0.25, 0.3) is 0 Å². The predicted octanol–water partition coefficient (Wildman–Crippen LogP) is 3.88. The van der Waals surface area contributed by atoms with E-state index in [0.717, 1.165) is 0 Å². The van der Waals surface area contributed by atoms with E-state index in [1.54, 1.807) is 36.4 Å². The van der Waals surface area contributed by atoms with E-state index in [2.05, 4.69) is 0 Å². The van der Waals surface area contributed by atoms with Crippen molar-refractivity contribution >= 4 is 23.4 Å². The van der Waals surface area contributed by atoms with Crippen LogP contribution in [0.2, 0.25) is 0 Å². The van der Waals surface area contributed by atoms with Gasteiger partial charge in [-0.05, 0) is 12.1 Å². The highest BCUT2D eigenvalue weighted by molar-refractivity contribution is 7.78. The summed E-state index contributed by atoms with van der Waals surface area (Å²) in [5.74, 6) is 0.456. The molecule has 0 unspecified atom stereocenters. The van der Waals surface area contributed by atoms with E-state index >= 15 is 0 Å². The van der Waals surface area contributed by atoms with Gasteiger partial charge in [0.2, 0.25) is 5.75 Å². The van der Waals surface area contributed by atoms with E-state index in [0.29, 0.717) is 28.5 Å². The lowest BCUT2D eigenvalue weighted by atomic mass is 10.1. The van der Waals surface area contributed by atoms with Gasteiger partial charge >= 0.3 is 5.69 Å². The molecular weight excluding hydrogens is 377 g/mol. The largest absolute Gasteiger partial charge is 0.486 e. The van der Waals surface area contributed by atoms with Crippen LogP contribution >= 0.6 is 7.14 Å². The molecule has 0 aromatic heterocycles. The topological polar surface area (TPSA) is 78.7 Å². The number of nitrogens with zero attached hydrogens (tertiary/aromatic N) is 1. The molecule has 1 heterocycles. The van der Waals surface area contributed by atoms with Crippen LogP contribution in [0.3, 0.4) is 0 Å². The monoisotopic (exact) mass is 395 g/mol. The Bertz CT molecular complexity index is 1010. The third-order valence-corrected chi connectivity index (χ3v) is 7.74. The predicted molar refractivity (Wildman–Crippen MR) is 108 cm³/mol. The van der Waals surface area contributed by atoms with Crippen molar-refractivity contribution in [3.05, 3.63) is 88.5 Å². The third-order valence-electron chi connectivity index (χ3n) is 4.69. The zero-order chi connectivity index (χ0) is 19.6. The lowest BCUT2D eigenvalue weighted by molar-refractivity contribution is -0.386. The molecule has 1 aliphatic heterocycles. The average molecular weight is 395 g/mol. The van der Waals surface area contributed by atoms with Gasteiger partial charge < -0.3 is 14.0 Å². The lowest BCUT2D eigenvalue weighted by Crippen LogP contribution is -2.19. The first-order valence-corrected chi connectivity index (χ1v) is 10.7. The van der Waals surface area contributed by atoms with Crippen LogP contribution in [0, 0.1) is 10.1 Å². The van der Waals surface area contributed by atoms with Gasteiger partial charge in [-0.1, -0.05) is 60.7 Å². The van der Waals surface area contributed by atoms with Gasteiger partial charge in [0.1, 0.15) is 20.4 Å². The van der Waals surface area contributed by atoms with Crippen molar-refractivity contribution in [3.63, 3.8) is 0 Å². The smallest absolute Gasteiger partial charge is 0.318 e. The van der Waals surface area contributed by atoms with Crippen LogP contribution in [-0.4, -0.2) is 18.1 Å². The molecule has 0 amide bonds. The van der Waals surface area contributed by atoms with Crippen LogP contribution < -0.4 is 20.1 Å². The number of hydrogen-bond donors (Lipinski definition) is 0. The number of fused-ring (bicyclic) bond motifs is 1. The van der Waals surface area contributed by atoms with Crippen LogP contribution in [0.1, 0.15) is 5.56 Å². The molecule has 0 N–H and O–H groups in total. The van der Waals surface area contributed by atoms with Gasteiger partial charge in [0, 0.05) is 22.3 Å². The van der Waals surface area contributed by atoms with Gasteiger partial charge in [-0.25, -0.2) is 0 Å². The molecule has 6 nitrogen and oxygen atoms in total. The first-order chi connectivity index (χ1) is 13.6. The maximum atomic E-state index is 14.2. The summed E-state index contributed by atoms with van der Waals surface area (Å²) in [6, 6.07) is 21.5. The Hall–Kier alpha value is -3.11. The van der Waals surface area contributed by atoms with Gasteiger partial charge in [0.05, 0.1) is 4.92 Å². The molecule has 0 bridgehead atoms. The molecule has 0 radical (unpaired) electrons. The van der Waals surface area contributed by atoms with Gasteiger partial charge in [0.25, 0.3) is 0 Å². The van der Waals surface area contributed by atoms with Crippen molar-refractivity contribution in [2.45, 2.75) is 6.16 Å². The summed E-state index contributed by atoms with van der Waals surface area (Å²) in [6.07, 6.45) is 0.0218. The Morgan fingerprint density at radius 2 is 1.43 bits per heavy atom. The Morgan fingerprint density at radius 3 is 2.00 bits per heavy atom. The zero-order valence-electron chi connectivity index (χ0n) is 15.0. The minimum Gasteiger partial charge on any atom is -0.486 e. The summed E-state index contributed by atoms with van der Waals surface area (Å²) >= 11 is 0. The van der Waals surface area contributed by atoms with E-state index in [1.165, 1.54) is 0 Å². The van der Waals surface area contributed by atoms with Gasteiger partial charge in [0.15, 0.2) is 5.75 Å². The zero-order valence-corrected chi connectivity index (χ0v) is 15.9. The summed E-state index contributed by atoms with van der Waals surface area (Å²) in [5, 5.41) is 13.1. The average Bonchev–Trinajstić information content (AvgIpc) is 2.74. The Morgan fingerprint density at radius 1 is 0.857 bits per heavy atom. The van der Waals surface area contributed by atoms with Crippen LogP contribution in [0.4, 0.5) is 5.69 Å². The summed E-state index contributed by atoms with van der Waals surface area (Å²) in [5.41, 5.74) is 0.189. The summed E-state index contributed by atoms with van der Waals surface area (Å²) < 4.78 is 25.2. The number of nitro groups is 1.